The Hall–Kier alpha value is -3.56. The average molecular weight is 448 g/mol. The number of nitrogens with zero attached hydrogens (tertiary/aromatic N) is 2. The van der Waals surface area contributed by atoms with E-state index in [-0.39, 0.29) is 29.9 Å². The molecule has 7 nitrogen and oxygen atoms in total. The number of halogens is 3. The highest BCUT2D eigenvalue weighted by Crippen LogP contribution is 2.18. The van der Waals surface area contributed by atoms with Gasteiger partial charge >= 0.3 is 11.9 Å². The molecule has 2 N–H and O–H groups in total. The van der Waals surface area contributed by atoms with Gasteiger partial charge in [-0.3, -0.25) is 18.7 Å². The lowest BCUT2D eigenvalue weighted by molar-refractivity contribution is -0.123. The summed E-state index contributed by atoms with van der Waals surface area (Å²) in [7, 11) is 0. The van der Waals surface area contributed by atoms with Crippen LogP contribution in [0.15, 0.2) is 53.3 Å². The first kappa shape index (κ1) is 23.1. The fourth-order valence-corrected chi connectivity index (χ4v) is 3.42. The van der Waals surface area contributed by atoms with Crippen LogP contribution in [-0.4, -0.2) is 33.7 Å². The topological polar surface area (TPSA) is 85.1 Å². The zero-order valence-electron chi connectivity index (χ0n) is 17.4. The second-order valence-electron chi connectivity index (χ2n) is 7.22. The molecule has 32 heavy (non-hydrogen) atoms. The van der Waals surface area contributed by atoms with Crippen LogP contribution in [0, 0.1) is 0 Å². The second-order valence-corrected chi connectivity index (χ2v) is 7.22. The summed E-state index contributed by atoms with van der Waals surface area (Å²) in [4.78, 5) is 37.4. The van der Waals surface area contributed by atoms with Gasteiger partial charge in [0.15, 0.2) is 0 Å². The molecular formula is C22H23F3N4O3. The van der Waals surface area contributed by atoms with Gasteiger partial charge in [0.05, 0.1) is 22.3 Å². The third kappa shape index (κ3) is 5.37. The van der Waals surface area contributed by atoms with Crippen molar-refractivity contribution in [3.8, 4) is 0 Å². The van der Waals surface area contributed by atoms with Crippen molar-refractivity contribution in [1.29, 1.82) is 0 Å². The minimum absolute atomic E-state index is 0.0570. The van der Waals surface area contributed by atoms with E-state index in [9.17, 15) is 27.6 Å². The van der Waals surface area contributed by atoms with Gasteiger partial charge in [0.2, 0.25) is 5.91 Å². The van der Waals surface area contributed by atoms with E-state index >= 15 is 0 Å². The Labute approximate surface area is 181 Å². The van der Waals surface area contributed by atoms with E-state index in [0.717, 1.165) is 11.9 Å². The van der Waals surface area contributed by atoms with E-state index in [2.05, 4.69) is 5.32 Å². The number of alkyl halides is 3. The number of anilines is 1. The number of hydrogen-bond acceptors (Lipinski definition) is 3. The zero-order valence-corrected chi connectivity index (χ0v) is 17.4. The monoisotopic (exact) mass is 448 g/mol. The minimum Gasteiger partial charge on any atom is -0.343 e. The largest absolute Gasteiger partial charge is 0.405 e. The van der Waals surface area contributed by atoms with Gasteiger partial charge in [-0.2, -0.15) is 13.2 Å². The molecule has 0 saturated carbocycles. The molecule has 0 aliphatic heterocycles. The summed E-state index contributed by atoms with van der Waals surface area (Å²) in [6.07, 6.45) is -3.82. The molecule has 10 heteroatoms. The van der Waals surface area contributed by atoms with Crippen molar-refractivity contribution in [3.05, 3.63) is 64.6 Å². The Morgan fingerprint density at radius 2 is 1.53 bits per heavy atom. The first-order valence-electron chi connectivity index (χ1n) is 10.1. The smallest absolute Gasteiger partial charge is 0.343 e. The van der Waals surface area contributed by atoms with Crippen LogP contribution in [0.1, 0.15) is 30.1 Å². The molecule has 1 aromatic heterocycles. The number of aryl methyl sites for hydroxylation is 2. The van der Waals surface area contributed by atoms with E-state index in [1.54, 1.807) is 22.0 Å². The number of hydrogen-bond donors (Lipinski definition) is 2. The number of amides is 2. The van der Waals surface area contributed by atoms with Crippen LogP contribution < -0.4 is 16.3 Å². The van der Waals surface area contributed by atoms with Crippen LogP contribution in [0.2, 0.25) is 0 Å². The number of benzene rings is 2. The molecule has 1 heterocycles. The predicted molar refractivity (Wildman–Crippen MR) is 115 cm³/mol. The minimum atomic E-state index is -4.54. The van der Waals surface area contributed by atoms with Crippen molar-refractivity contribution < 1.29 is 22.8 Å². The summed E-state index contributed by atoms with van der Waals surface area (Å²) in [5.74, 6) is -1.42. The van der Waals surface area contributed by atoms with Gasteiger partial charge < -0.3 is 10.6 Å². The zero-order chi connectivity index (χ0) is 23.3. The molecule has 170 valence electrons. The third-order valence-electron chi connectivity index (χ3n) is 4.83. The number of para-hydroxylation sites is 3. The predicted octanol–water partition coefficient (Wildman–Crippen LogP) is 3.53. The lowest BCUT2D eigenvalue weighted by Crippen LogP contribution is -2.34. The van der Waals surface area contributed by atoms with Crippen LogP contribution in [0.3, 0.4) is 0 Å². The fraction of sp³-hybridized carbons (Fsp3) is 0.318. The van der Waals surface area contributed by atoms with E-state index in [0.29, 0.717) is 12.1 Å². The van der Waals surface area contributed by atoms with Crippen molar-refractivity contribution in [3.63, 3.8) is 0 Å². The Morgan fingerprint density at radius 3 is 2.16 bits per heavy atom. The van der Waals surface area contributed by atoms with Crippen molar-refractivity contribution in [1.82, 2.24) is 14.5 Å². The number of imidazole rings is 1. The molecular weight excluding hydrogens is 425 g/mol. The number of nitrogens with one attached hydrogen (secondary N) is 2. The Balaban J connectivity index is 1.72. The van der Waals surface area contributed by atoms with Crippen LogP contribution in [0.5, 0.6) is 0 Å². The molecule has 0 radical (unpaired) electrons. The SMILES string of the molecule is CCCn1c(=O)n(CCC(=O)Nc2ccccc2C(=O)NCC(F)(F)F)c2ccccc21. The summed E-state index contributed by atoms with van der Waals surface area (Å²) in [6.45, 7) is 1.16. The third-order valence-corrected chi connectivity index (χ3v) is 4.83. The fourth-order valence-electron chi connectivity index (χ4n) is 3.42. The van der Waals surface area contributed by atoms with Gasteiger partial charge in [0.25, 0.3) is 5.91 Å². The average Bonchev–Trinajstić information content (AvgIpc) is 3.02. The van der Waals surface area contributed by atoms with Crippen LogP contribution in [0.4, 0.5) is 18.9 Å². The molecule has 0 aliphatic rings. The Bertz CT molecular complexity index is 1180. The molecule has 0 bridgehead atoms. The van der Waals surface area contributed by atoms with Crippen LogP contribution in [0.25, 0.3) is 11.0 Å². The quantitative estimate of drug-likeness (QED) is 0.553. The molecule has 0 unspecified atom stereocenters. The molecule has 0 aliphatic carbocycles. The van der Waals surface area contributed by atoms with Gasteiger partial charge in [0.1, 0.15) is 6.54 Å². The summed E-state index contributed by atoms with van der Waals surface area (Å²) in [5, 5.41) is 4.34. The Morgan fingerprint density at radius 1 is 0.938 bits per heavy atom. The van der Waals surface area contributed by atoms with E-state index in [1.165, 1.54) is 22.8 Å². The van der Waals surface area contributed by atoms with Gasteiger partial charge in [-0.15, -0.1) is 0 Å². The van der Waals surface area contributed by atoms with Gasteiger partial charge in [-0.25, -0.2) is 4.79 Å². The maximum Gasteiger partial charge on any atom is 0.405 e. The molecule has 3 rings (SSSR count). The van der Waals surface area contributed by atoms with Crippen LogP contribution >= 0.6 is 0 Å². The molecule has 2 amide bonds. The van der Waals surface area contributed by atoms with Crippen molar-refractivity contribution in [2.24, 2.45) is 0 Å². The molecule has 0 fully saturated rings. The van der Waals surface area contributed by atoms with Crippen molar-refractivity contribution in [2.45, 2.75) is 39.0 Å². The summed E-state index contributed by atoms with van der Waals surface area (Å²) in [6, 6.07) is 13.1. The molecule has 0 atom stereocenters. The molecule has 0 spiro atoms. The first-order chi connectivity index (χ1) is 15.2. The normalized spacial score (nSPS) is 11.5. The van der Waals surface area contributed by atoms with Crippen molar-refractivity contribution in [2.75, 3.05) is 11.9 Å². The van der Waals surface area contributed by atoms with Gasteiger partial charge in [0, 0.05) is 19.5 Å². The van der Waals surface area contributed by atoms with E-state index < -0.39 is 24.5 Å². The van der Waals surface area contributed by atoms with E-state index in [4.69, 9.17) is 0 Å². The first-order valence-corrected chi connectivity index (χ1v) is 10.1. The highest BCUT2D eigenvalue weighted by molar-refractivity contribution is 6.03. The van der Waals surface area contributed by atoms with Crippen LogP contribution in [-0.2, 0) is 17.9 Å². The van der Waals surface area contributed by atoms with Gasteiger partial charge in [-0.05, 0) is 30.7 Å². The summed E-state index contributed by atoms with van der Waals surface area (Å²) in [5.41, 5.74) is 1.30. The number of carbonyl (C=O) groups excluding carboxylic acids is 2. The maximum atomic E-state index is 12.8. The molecule has 0 saturated heterocycles. The highest BCUT2D eigenvalue weighted by atomic mass is 19.4. The summed E-state index contributed by atoms with van der Waals surface area (Å²) >= 11 is 0. The molecule has 2 aromatic carbocycles. The summed E-state index contributed by atoms with van der Waals surface area (Å²) < 4.78 is 40.3. The number of carbonyl (C=O) groups is 2. The van der Waals surface area contributed by atoms with Crippen molar-refractivity contribution >= 4 is 28.5 Å². The number of aromatic nitrogens is 2. The van der Waals surface area contributed by atoms with E-state index in [1.807, 2.05) is 25.1 Å². The lowest BCUT2D eigenvalue weighted by atomic mass is 10.1. The second kappa shape index (κ2) is 9.71. The Kier molecular flexibility index (Phi) is 7.01. The lowest BCUT2D eigenvalue weighted by Gasteiger charge is -2.12. The highest BCUT2D eigenvalue weighted by Gasteiger charge is 2.28. The maximum absolute atomic E-state index is 12.8. The molecule has 3 aromatic rings. The number of fused-ring (bicyclic) bond motifs is 1. The van der Waals surface area contributed by atoms with Gasteiger partial charge in [-0.1, -0.05) is 31.2 Å². The number of rotatable bonds is 8. The standard InChI is InChI=1S/C22H23F3N4O3/c1-2-12-28-17-9-5-6-10-18(17)29(21(28)32)13-11-19(30)27-16-8-4-3-7-15(16)20(31)26-14-22(23,24)25/h3-10H,2,11-14H2,1H3,(H,26,31)(H,27,30).